The van der Waals surface area contributed by atoms with Gasteiger partial charge in [-0.25, -0.2) is 0 Å². The second-order valence-corrected chi connectivity index (χ2v) is 4.47. The second-order valence-electron chi connectivity index (χ2n) is 4.47. The maximum Gasteiger partial charge on any atom is 0.120 e. The Morgan fingerprint density at radius 1 is 1.16 bits per heavy atom. The highest BCUT2D eigenvalue weighted by Crippen LogP contribution is 2.18. The Bertz CT molecular complexity index is 584. The van der Waals surface area contributed by atoms with E-state index in [0.717, 1.165) is 11.1 Å². The number of aromatic hydroxyl groups is 1. The molecule has 3 nitrogen and oxygen atoms in total. The first-order valence-corrected chi connectivity index (χ1v) is 6.21. The van der Waals surface area contributed by atoms with Crippen LogP contribution in [0.25, 0.3) is 0 Å². The first kappa shape index (κ1) is 13.1. The van der Waals surface area contributed by atoms with Gasteiger partial charge in [-0.3, -0.25) is 0 Å². The molecule has 2 N–H and O–H groups in total. The lowest BCUT2D eigenvalue weighted by molar-refractivity contribution is 0.460. The predicted octanol–water partition coefficient (Wildman–Crippen LogP) is 3.11. The number of nitriles is 1. The average molecular weight is 252 g/mol. The Labute approximate surface area is 113 Å². The molecule has 0 aromatic heterocycles. The summed E-state index contributed by atoms with van der Waals surface area (Å²) < 4.78 is 0. The molecule has 2 aromatic rings. The van der Waals surface area contributed by atoms with Gasteiger partial charge in [0.15, 0.2) is 0 Å². The normalized spacial score (nSPS) is 11.8. The molecule has 1 atom stereocenters. The van der Waals surface area contributed by atoms with Gasteiger partial charge < -0.3 is 10.4 Å². The fourth-order valence-corrected chi connectivity index (χ4v) is 1.89. The number of nitrogens with one attached hydrogen (secondary N) is 1. The van der Waals surface area contributed by atoms with Crippen LogP contribution in [0.5, 0.6) is 5.75 Å². The van der Waals surface area contributed by atoms with Crippen molar-refractivity contribution in [1.29, 1.82) is 5.26 Å². The van der Waals surface area contributed by atoms with Crippen molar-refractivity contribution in [3.8, 4) is 11.8 Å². The summed E-state index contributed by atoms with van der Waals surface area (Å²) in [5, 5.41) is 21.8. The largest absolute Gasteiger partial charge is 0.508 e. The van der Waals surface area contributed by atoms with Gasteiger partial charge in [-0.2, -0.15) is 5.26 Å². The molecular weight excluding hydrogens is 236 g/mol. The van der Waals surface area contributed by atoms with E-state index in [2.05, 4.69) is 18.3 Å². The summed E-state index contributed by atoms with van der Waals surface area (Å²) >= 11 is 0. The van der Waals surface area contributed by atoms with E-state index in [-0.39, 0.29) is 6.04 Å². The van der Waals surface area contributed by atoms with Crippen molar-refractivity contribution < 1.29 is 5.11 Å². The number of hydrogen-bond donors (Lipinski definition) is 2. The molecule has 0 saturated carbocycles. The summed E-state index contributed by atoms with van der Waals surface area (Å²) in [6, 6.07) is 17.1. The van der Waals surface area contributed by atoms with Crippen molar-refractivity contribution in [1.82, 2.24) is 5.32 Å². The molecular formula is C16H16N2O. The Morgan fingerprint density at radius 3 is 2.47 bits per heavy atom. The molecule has 0 radical (unpaired) electrons. The minimum absolute atomic E-state index is 0.160. The van der Waals surface area contributed by atoms with Crippen LogP contribution in [0.15, 0.2) is 48.5 Å². The van der Waals surface area contributed by atoms with E-state index in [1.165, 1.54) is 0 Å². The standard InChI is InChI=1S/C16H16N2O/c1-12(14-8-6-13(10-17)7-9-14)18-11-15-4-2-3-5-16(15)19/h2-9,12,18-19H,11H2,1H3. The number of phenolic OH excluding ortho intramolecular Hbond substituents is 1. The van der Waals surface area contributed by atoms with Crippen LogP contribution in [-0.4, -0.2) is 5.11 Å². The SMILES string of the molecule is CC(NCc1ccccc1O)c1ccc(C#N)cc1. The maximum absolute atomic E-state index is 9.69. The van der Waals surface area contributed by atoms with Crippen LogP contribution < -0.4 is 5.32 Å². The van der Waals surface area contributed by atoms with Crippen molar-refractivity contribution in [3.05, 3.63) is 65.2 Å². The van der Waals surface area contributed by atoms with Gasteiger partial charge >= 0.3 is 0 Å². The van der Waals surface area contributed by atoms with E-state index in [9.17, 15) is 5.11 Å². The molecule has 0 bridgehead atoms. The summed E-state index contributed by atoms with van der Waals surface area (Å²) in [7, 11) is 0. The quantitative estimate of drug-likeness (QED) is 0.879. The third kappa shape index (κ3) is 3.34. The second kappa shape index (κ2) is 6.03. The van der Waals surface area contributed by atoms with E-state index < -0.39 is 0 Å². The molecule has 0 saturated heterocycles. The van der Waals surface area contributed by atoms with E-state index in [0.29, 0.717) is 17.9 Å². The van der Waals surface area contributed by atoms with Crippen LogP contribution in [-0.2, 0) is 6.54 Å². The molecule has 3 heteroatoms. The van der Waals surface area contributed by atoms with Crippen LogP contribution >= 0.6 is 0 Å². The van der Waals surface area contributed by atoms with Crippen molar-refractivity contribution in [3.63, 3.8) is 0 Å². The number of hydrogen-bond acceptors (Lipinski definition) is 3. The minimum atomic E-state index is 0.160. The van der Waals surface area contributed by atoms with E-state index in [1.54, 1.807) is 6.07 Å². The fraction of sp³-hybridized carbons (Fsp3) is 0.188. The van der Waals surface area contributed by atoms with Crippen LogP contribution in [0.2, 0.25) is 0 Å². The highest BCUT2D eigenvalue weighted by Gasteiger charge is 2.06. The van der Waals surface area contributed by atoms with Gasteiger partial charge in [0, 0.05) is 18.2 Å². The summed E-state index contributed by atoms with van der Waals surface area (Å²) in [5.74, 6) is 0.307. The van der Waals surface area contributed by atoms with Crippen LogP contribution in [0.3, 0.4) is 0 Å². The van der Waals surface area contributed by atoms with E-state index in [4.69, 9.17) is 5.26 Å². The molecule has 19 heavy (non-hydrogen) atoms. The zero-order chi connectivity index (χ0) is 13.7. The Kier molecular flexibility index (Phi) is 4.17. The zero-order valence-electron chi connectivity index (χ0n) is 10.8. The van der Waals surface area contributed by atoms with E-state index >= 15 is 0 Å². The molecule has 1 unspecified atom stereocenters. The molecule has 2 aromatic carbocycles. The summed E-state index contributed by atoms with van der Waals surface area (Å²) in [5.41, 5.74) is 2.66. The minimum Gasteiger partial charge on any atom is -0.508 e. The molecule has 0 amide bonds. The number of rotatable bonds is 4. The summed E-state index contributed by atoms with van der Waals surface area (Å²) in [4.78, 5) is 0. The van der Waals surface area contributed by atoms with Gasteiger partial charge in [0.2, 0.25) is 0 Å². The molecule has 2 rings (SSSR count). The lowest BCUT2D eigenvalue weighted by Crippen LogP contribution is -2.18. The Morgan fingerprint density at radius 2 is 1.84 bits per heavy atom. The highest BCUT2D eigenvalue weighted by atomic mass is 16.3. The lowest BCUT2D eigenvalue weighted by atomic mass is 10.1. The van der Waals surface area contributed by atoms with Crippen molar-refractivity contribution in [2.24, 2.45) is 0 Å². The van der Waals surface area contributed by atoms with Crippen molar-refractivity contribution in [2.75, 3.05) is 0 Å². The molecule has 0 heterocycles. The zero-order valence-corrected chi connectivity index (χ0v) is 10.8. The fourth-order valence-electron chi connectivity index (χ4n) is 1.89. The summed E-state index contributed by atoms with van der Waals surface area (Å²) in [6.07, 6.45) is 0. The monoisotopic (exact) mass is 252 g/mol. The topological polar surface area (TPSA) is 56.0 Å². The molecule has 0 aliphatic rings. The first-order chi connectivity index (χ1) is 9.20. The van der Waals surface area contributed by atoms with Gasteiger partial charge in [-0.05, 0) is 30.7 Å². The molecule has 0 aliphatic heterocycles. The van der Waals surface area contributed by atoms with Crippen LogP contribution in [0.1, 0.15) is 29.7 Å². The smallest absolute Gasteiger partial charge is 0.120 e. The average Bonchev–Trinajstić information content (AvgIpc) is 2.46. The molecule has 0 fully saturated rings. The van der Waals surface area contributed by atoms with Gasteiger partial charge in [-0.15, -0.1) is 0 Å². The van der Waals surface area contributed by atoms with Gasteiger partial charge in [0.05, 0.1) is 11.6 Å². The molecule has 0 spiro atoms. The Balaban J connectivity index is 1.99. The highest BCUT2D eigenvalue weighted by molar-refractivity contribution is 5.34. The van der Waals surface area contributed by atoms with Crippen molar-refractivity contribution >= 4 is 0 Å². The number of nitrogens with zero attached hydrogens (tertiary/aromatic N) is 1. The van der Waals surface area contributed by atoms with Crippen molar-refractivity contribution in [2.45, 2.75) is 19.5 Å². The number of benzene rings is 2. The predicted molar refractivity (Wildman–Crippen MR) is 74.5 cm³/mol. The number of para-hydroxylation sites is 1. The van der Waals surface area contributed by atoms with Crippen LogP contribution in [0, 0.1) is 11.3 Å². The third-order valence-corrected chi connectivity index (χ3v) is 3.13. The molecule has 0 aliphatic carbocycles. The molecule has 96 valence electrons. The lowest BCUT2D eigenvalue weighted by Gasteiger charge is -2.15. The summed E-state index contributed by atoms with van der Waals surface area (Å²) in [6.45, 7) is 2.66. The van der Waals surface area contributed by atoms with Gasteiger partial charge in [0.1, 0.15) is 5.75 Å². The first-order valence-electron chi connectivity index (χ1n) is 6.21. The van der Waals surface area contributed by atoms with Gasteiger partial charge in [0.25, 0.3) is 0 Å². The van der Waals surface area contributed by atoms with E-state index in [1.807, 2.05) is 42.5 Å². The third-order valence-electron chi connectivity index (χ3n) is 3.13. The van der Waals surface area contributed by atoms with Gasteiger partial charge in [-0.1, -0.05) is 30.3 Å². The Hall–Kier alpha value is -2.31. The van der Waals surface area contributed by atoms with Crippen LogP contribution in [0.4, 0.5) is 0 Å². The number of phenols is 1. The maximum atomic E-state index is 9.69.